The first kappa shape index (κ1) is 27.3. The zero-order valence-corrected chi connectivity index (χ0v) is 21.1. The van der Waals surface area contributed by atoms with Gasteiger partial charge in [0.25, 0.3) is 0 Å². The predicted molar refractivity (Wildman–Crippen MR) is 132 cm³/mol. The lowest BCUT2D eigenvalue weighted by molar-refractivity contribution is -0.141. The fraction of sp³-hybridized carbons (Fsp3) is 0.440. The van der Waals surface area contributed by atoms with Crippen molar-refractivity contribution in [1.29, 1.82) is 0 Å². The van der Waals surface area contributed by atoms with Gasteiger partial charge in [0.05, 0.1) is 11.9 Å². The van der Waals surface area contributed by atoms with Crippen molar-refractivity contribution in [3.63, 3.8) is 0 Å². The Bertz CT molecular complexity index is 1060. The molecule has 186 valence electrons. The van der Waals surface area contributed by atoms with E-state index in [9.17, 15) is 22.4 Å². The lowest BCUT2D eigenvalue weighted by Gasteiger charge is -2.31. The molecule has 0 unspecified atom stereocenters. The molecule has 7 nitrogen and oxygen atoms in total. The van der Waals surface area contributed by atoms with Crippen LogP contribution in [-0.4, -0.2) is 50.5 Å². The Hall–Kier alpha value is -2.94. The van der Waals surface area contributed by atoms with Crippen LogP contribution in [-0.2, 0) is 26.2 Å². The van der Waals surface area contributed by atoms with Crippen molar-refractivity contribution in [3.8, 4) is 0 Å². The van der Waals surface area contributed by atoms with Crippen LogP contribution < -0.4 is 9.62 Å². The maximum absolute atomic E-state index is 13.3. The smallest absolute Gasteiger partial charge is 0.242 e. The van der Waals surface area contributed by atoms with Gasteiger partial charge in [-0.25, -0.2) is 12.8 Å². The van der Waals surface area contributed by atoms with Gasteiger partial charge in [0.2, 0.25) is 21.8 Å². The van der Waals surface area contributed by atoms with Crippen LogP contribution in [0.15, 0.2) is 48.5 Å². The molecule has 0 aliphatic rings. The van der Waals surface area contributed by atoms with Gasteiger partial charge in [0, 0.05) is 26.1 Å². The molecule has 0 bridgehead atoms. The number of hydrogen-bond acceptors (Lipinski definition) is 4. The topological polar surface area (TPSA) is 86.8 Å². The number of carbonyl (C=O) groups excluding carboxylic acids is 2. The van der Waals surface area contributed by atoms with Crippen LogP contribution in [0, 0.1) is 12.7 Å². The fourth-order valence-corrected chi connectivity index (χ4v) is 4.68. The summed E-state index contributed by atoms with van der Waals surface area (Å²) in [4.78, 5) is 27.4. The predicted octanol–water partition coefficient (Wildman–Crippen LogP) is 3.62. The molecule has 0 aliphatic heterocycles. The van der Waals surface area contributed by atoms with Crippen molar-refractivity contribution in [2.45, 2.75) is 52.6 Å². The van der Waals surface area contributed by atoms with Crippen LogP contribution in [0.4, 0.5) is 10.1 Å². The van der Waals surface area contributed by atoms with Crippen molar-refractivity contribution >= 4 is 27.5 Å². The highest BCUT2D eigenvalue weighted by Crippen LogP contribution is 2.20. The average molecular weight is 492 g/mol. The third kappa shape index (κ3) is 7.83. The first-order valence-electron chi connectivity index (χ1n) is 11.4. The highest BCUT2D eigenvalue weighted by atomic mass is 32.2. The molecule has 2 amide bonds. The summed E-state index contributed by atoms with van der Waals surface area (Å²) in [6.45, 7) is 6.28. The number of halogens is 1. The van der Waals surface area contributed by atoms with E-state index in [1.807, 2.05) is 32.9 Å². The molecule has 0 saturated carbocycles. The zero-order valence-electron chi connectivity index (χ0n) is 20.3. The number of nitrogens with one attached hydrogen (secondary N) is 1. The Morgan fingerprint density at radius 1 is 1.03 bits per heavy atom. The Morgan fingerprint density at radius 3 is 2.18 bits per heavy atom. The minimum absolute atomic E-state index is 0.0645. The number of rotatable bonds is 12. The maximum atomic E-state index is 13.3. The summed E-state index contributed by atoms with van der Waals surface area (Å²) in [5.74, 6) is -0.896. The Balaban J connectivity index is 2.18. The second kappa shape index (κ2) is 12.5. The first-order chi connectivity index (χ1) is 16.1. The van der Waals surface area contributed by atoms with Crippen molar-refractivity contribution in [1.82, 2.24) is 10.2 Å². The molecule has 0 aromatic heterocycles. The molecule has 2 aromatic rings. The molecule has 0 aliphatic carbocycles. The van der Waals surface area contributed by atoms with E-state index in [-0.39, 0.29) is 43.6 Å². The van der Waals surface area contributed by atoms with E-state index in [0.717, 1.165) is 11.8 Å². The van der Waals surface area contributed by atoms with Gasteiger partial charge in [-0.05, 0) is 56.5 Å². The van der Waals surface area contributed by atoms with E-state index in [1.165, 1.54) is 21.3 Å². The van der Waals surface area contributed by atoms with Gasteiger partial charge in [-0.3, -0.25) is 13.9 Å². The summed E-state index contributed by atoms with van der Waals surface area (Å²) in [6, 6.07) is 12.3. The van der Waals surface area contributed by atoms with Crippen molar-refractivity contribution < 1.29 is 22.4 Å². The lowest BCUT2D eigenvalue weighted by atomic mass is 10.1. The number of hydrogen-bond donors (Lipinski definition) is 1. The van der Waals surface area contributed by atoms with Gasteiger partial charge >= 0.3 is 0 Å². The number of likely N-dealkylation sites (N-methyl/N-ethyl adjacent to an activating group) is 1. The summed E-state index contributed by atoms with van der Waals surface area (Å²) in [5.41, 5.74) is 2.26. The van der Waals surface area contributed by atoms with Crippen molar-refractivity contribution in [3.05, 3.63) is 65.5 Å². The van der Waals surface area contributed by atoms with Gasteiger partial charge in [-0.1, -0.05) is 36.8 Å². The van der Waals surface area contributed by atoms with Crippen molar-refractivity contribution in [2.24, 2.45) is 0 Å². The normalized spacial score (nSPS) is 12.1. The lowest BCUT2D eigenvalue weighted by Crippen LogP contribution is -2.49. The third-order valence-corrected chi connectivity index (χ3v) is 6.67. The number of nitrogens with zero attached hydrogens (tertiary/aromatic N) is 2. The molecule has 9 heteroatoms. The molecule has 34 heavy (non-hydrogen) atoms. The summed E-state index contributed by atoms with van der Waals surface area (Å²) in [6.07, 6.45) is 1.90. The summed E-state index contributed by atoms with van der Waals surface area (Å²) in [7, 11) is -3.53. The molecule has 0 saturated heterocycles. The van der Waals surface area contributed by atoms with Crippen molar-refractivity contribution in [2.75, 3.05) is 23.7 Å². The molecule has 0 spiro atoms. The second-order valence-corrected chi connectivity index (χ2v) is 10.1. The van der Waals surface area contributed by atoms with E-state index in [4.69, 9.17) is 0 Å². The van der Waals surface area contributed by atoms with E-state index in [1.54, 1.807) is 24.3 Å². The summed E-state index contributed by atoms with van der Waals surface area (Å²) >= 11 is 0. The molecular weight excluding hydrogens is 457 g/mol. The number of anilines is 1. The zero-order chi connectivity index (χ0) is 25.3. The Kier molecular flexibility index (Phi) is 10.0. The van der Waals surface area contributed by atoms with E-state index in [0.29, 0.717) is 24.2 Å². The van der Waals surface area contributed by atoms with E-state index in [2.05, 4.69) is 5.32 Å². The Labute approximate surface area is 202 Å². The van der Waals surface area contributed by atoms with Gasteiger partial charge in [-0.2, -0.15) is 0 Å². The van der Waals surface area contributed by atoms with Crippen LogP contribution >= 0.6 is 0 Å². The number of carbonyl (C=O) groups is 2. The number of sulfonamides is 1. The fourth-order valence-electron chi connectivity index (χ4n) is 3.71. The summed E-state index contributed by atoms with van der Waals surface area (Å²) < 4.78 is 39.3. The molecule has 0 fully saturated rings. The minimum atomic E-state index is -3.53. The molecular formula is C25H34FN3O4S. The highest BCUT2D eigenvalue weighted by Gasteiger charge is 2.28. The highest BCUT2D eigenvalue weighted by molar-refractivity contribution is 7.92. The molecule has 0 heterocycles. The first-order valence-corrected chi connectivity index (χ1v) is 13.3. The van der Waals surface area contributed by atoms with Crippen LogP contribution in [0.3, 0.4) is 0 Å². The van der Waals surface area contributed by atoms with Gasteiger partial charge < -0.3 is 10.2 Å². The van der Waals surface area contributed by atoms with E-state index >= 15 is 0 Å². The van der Waals surface area contributed by atoms with Crippen LogP contribution in [0.1, 0.15) is 44.2 Å². The quantitative estimate of drug-likeness (QED) is 0.491. The number of aryl methyl sites for hydroxylation is 1. The van der Waals surface area contributed by atoms with Crippen LogP contribution in [0.25, 0.3) is 0 Å². The number of benzene rings is 2. The van der Waals surface area contributed by atoms with Crippen LogP contribution in [0.2, 0.25) is 0 Å². The third-order valence-electron chi connectivity index (χ3n) is 5.48. The monoisotopic (exact) mass is 491 g/mol. The Morgan fingerprint density at radius 2 is 1.65 bits per heavy atom. The molecule has 2 aromatic carbocycles. The average Bonchev–Trinajstić information content (AvgIpc) is 2.78. The SMILES string of the molecule is CCNC(=O)[C@@H](CC)N(Cc1ccc(F)cc1)C(=O)CCCN(c1ccc(C)cc1)S(C)(=O)=O. The molecule has 1 atom stereocenters. The second-order valence-electron chi connectivity index (χ2n) is 8.24. The molecule has 1 N–H and O–H groups in total. The number of amides is 2. The summed E-state index contributed by atoms with van der Waals surface area (Å²) in [5, 5.41) is 2.77. The van der Waals surface area contributed by atoms with Crippen LogP contribution in [0.5, 0.6) is 0 Å². The minimum Gasteiger partial charge on any atom is -0.355 e. The van der Waals surface area contributed by atoms with Gasteiger partial charge in [-0.15, -0.1) is 0 Å². The molecule has 2 rings (SSSR count). The van der Waals surface area contributed by atoms with Gasteiger partial charge in [0.15, 0.2) is 0 Å². The van der Waals surface area contributed by atoms with E-state index < -0.39 is 16.1 Å². The van der Waals surface area contributed by atoms with Gasteiger partial charge in [0.1, 0.15) is 11.9 Å². The standard InChI is InChI=1S/C25H34FN3O4S/c1-5-23(25(31)27-6-2)28(18-20-11-13-21(26)14-12-20)24(30)8-7-17-29(34(4,32)33)22-15-9-19(3)10-16-22/h9-16,23H,5-8,17-18H2,1-4H3,(H,27,31)/t23-/m1/s1. The maximum Gasteiger partial charge on any atom is 0.242 e. The largest absolute Gasteiger partial charge is 0.355 e. The molecule has 0 radical (unpaired) electrons.